The molecule has 0 aromatic heterocycles. The van der Waals surface area contributed by atoms with E-state index < -0.39 is 23.6 Å². The van der Waals surface area contributed by atoms with E-state index in [0.717, 1.165) is 18.2 Å². The van der Waals surface area contributed by atoms with Crippen molar-refractivity contribution in [2.24, 2.45) is 0 Å². The Kier molecular flexibility index (Phi) is 5.80. The molecule has 1 saturated heterocycles. The van der Waals surface area contributed by atoms with Crippen molar-refractivity contribution >= 4 is 23.2 Å². The molecule has 30 heavy (non-hydrogen) atoms. The lowest BCUT2D eigenvalue weighted by atomic mass is 10.1. The minimum Gasteiger partial charge on any atom is -0.477 e. The van der Waals surface area contributed by atoms with Crippen molar-refractivity contribution in [1.82, 2.24) is 4.90 Å². The van der Waals surface area contributed by atoms with Crippen LogP contribution in [0.3, 0.4) is 0 Å². The van der Waals surface area contributed by atoms with Crippen LogP contribution in [0.4, 0.5) is 20.2 Å². The number of rotatable bonds is 4. The number of benzene rings is 2. The number of nitrogens with zero attached hydrogens (tertiary/aromatic N) is 2. The Balaban J connectivity index is 1.49. The summed E-state index contributed by atoms with van der Waals surface area (Å²) in [4.78, 5) is 28.9. The van der Waals surface area contributed by atoms with Gasteiger partial charge in [0.25, 0.3) is 5.91 Å². The summed E-state index contributed by atoms with van der Waals surface area (Å²) in [7, 11) is 0. The van der Waals surface area contributed by atoms with Crippen LogP contribution in [-0.2, 0) is 14.3 Å². The van der Waals surface area contributed by atoms with Gasteiger partial charge in [0.2, 0.25) is 5.91 Å². The summed E-state index contributed by atoms with van der Waals surface area (Å²) >= 11 is 0. The van der Waals surface area contributed by atoms with E-state index in [0.29, 0.717) is 37.7 Å². The highest BCUT2D eigenvalue weighted by molar-refractivity contribution is 5.95. The molecule has 158 valence electrons. The van der Waals surface area contributed by atoms with E-state index >= 15 is 0 Å². The standard InChI is InChI=1S/C21H21F2N3O4/c22-14-9-15(23)11-16(10-14)24-20(27)13-26-12-19(21(28)25-5-7-29-8-6-25)30-18-4-2-1-3-17(18)26/h1-4,9-11,19H,5-8,12-13H2,(H,24,27)/t19-/m1/s1. The van der Waals surface area contributed by atoms with Gasteiger partial charge >= 0.3 is 0 Å². The van der Waals surface area contributed by atoms with Crippen LogP contribution in [0.2, 0.25) is 0 Å². The number of carbonyl (C=O) groups excluding carboxylic acids is 2. The maximum absolute atomic E-state index is 13.4. The van der Waals surface area contributed by atoms with Gasteiger partial charge in [-0.25, -0.2) is 8.78 Å². The molecule has 2 aliphatic rings. The zero-order valence-corrected chi connectivity index (χ0v) is 16.1. The fraction of sp³-hybridized carbons (Fsp3) is 0.333. The number of halogens is 2. The van der Waals surface area contributed by atoms with Gasteiger partial charge in [0.1, 0.15) is 17.4 Å². The van der Waals surface area contributed by atoms with Gasteiger partial charge in [-0.1, -0.05) is 12.1 Å². The average molecular weight is 417 g/mol. The maximum atomic E-state index is 13.4. The van der Waals surface area contributed by atoms with Crippen molar-refractivity contribution in [2.75, 3.05) is 49.6 Å². The summed E-state index contributed by atoms with van der Waals surface area (Å²) in [6.45, 7) is 2.01. The smallest absolute Gasteiger partial charge is 0.265 e. The van der Waals surface area contributed by atoms with Crippen LogP contribution < -0.4 is 15.0 Å². The lowest BCUT2D eigenvalue weighted by molar-refractivity contribution is -0.142. The number of hydrogen-bond acceptors (Lipinski definition) is 5. The Hall–Kier alpha value is -3.20. The van der Waals surface area contributed by atoms with Gasteiger partial charge in [-0.15, -0.1) is 0 Å². The molecule has 2 aromatic carbocycles. The van der Waals surface area contributed by atoms with Crippen LogP contribution in [0.25, 0.3) is 0 Å². The largest absolute Gasteiger partial charge is 0.477 e. The van der Waals surface area contributed by atoms with Gasteiger partial charge in [0, 0.05) is 24.8 Å². The first-order chi connectivity index (χ1) is 14.5. The van der Waals surface area contributed by atoms with E-state index in [1.54, 1.807) is 34.1 Å². The molecule has 0 saturated carbocycles. The SMILES string of the molecule is O=C(CN1C[C@H](C(=O)N2CCOCC2)Oc2ccccc21)Nc1cc(F)cc(F)c1. The van der Waals surface area contributed by atoms with Crippen molar-refractivity contribution < 1.29 is 27.8 Å². The monoisotopic (exact) mass is 417 g/mol. The summed E-state index contributed by atoms with van der Waals surface area (Å²) in [6.07, 6.45) is -0.766. The zero-order chi connectivity index (χ0) is 21.1. The molecule has 1 atom stereocenters. The molecule has 0 aliphatic carbocycles. The van der Waals surface area contributed by atoms with Crippen molar-refractivity contribution in [2.45, 2.75) is 6.10 Å². The molecule has 4 rings (SSSR count). The molecule has 2 aliphatic heterocycles. The number of amides is 2. The highest BCUT2D eigenvalue weighted by Gasteiger charge is 2.34. The van der Waals surface area contributed by atoms with Crippen LogP contribution in [0, 0.1) is 11.6 Å². The van der Waals surface area contributed by atoms with Crippen molar-refractivity contribution in [1.29, 1.82) is 0 Å². The molecule has 0 unspecified atom stereocenters. The molecule has 0 radical (unpaired) electrons. The predicted octanol–water partition coefficient (Wildman–Crippen LogP) is 2.03. The average Bonchev–Trinajstić information content (AvgIpc) is 2.73. The van der Waals surface area contributed by atoms with Gasteiger partial charge in [-0.05, 0) is 24.3 Å². The Labute approximate surface area is 172 Å². The number of anilines is 2. The van der Waals surface area contributed by atoms with E-state index in [4.69, 9.17) is 9.47 Å². The molecule has 0 bridgehead atoms. The third-order valence-electron chi connectivity index (χ3n) is 4.94. The second-order valence-electron chi connectivity index (χ2n) is 7.10. The first-order valence-corrected chi connectivity index (χ1v) is 9.63. The van der Waals surface area contributed by atoms with E-state index in [9.17, 15) is 18.4 Å². The number of carbonyl (C=O) groups is 2. The molecule has 1 fully saturated rings. The second-order valence-corrected chi connectivity index (χ2v) is 7.10. The predicted molar refractivity (Wildman–Crippen MR) is 105 cm³/mol. The first kappa shape index (κ1) is 20.1. The number of fused-ring (bicyclic) bond motifs is 1. The number of morpholine rings is 1. The van der Waals surface area contributed by atoms with Crippen LogP contribution in [0.1, 0.15) is 0 Å². The minimum atomic E-state index is -0.779. The quantitative estimate of drug-likeness (QED) is 0.825. The highest BCUT2D eigenvalue weighted by Crippen LogP contribution is 2.33. The van der Waals surface area contributed by atoms with E-state index in [-0.39, 0.29) is 24.7 Å². The fourth-order valence-corrected chi connectivity index (χ4v) is 3.57. The fourth-order valence-electron chi connectivity index (χ4n) is 3.57. The number of ether oxygens (including phenoxy) is 2. The van der Waals surface area contributed by atoms with Crippen molar-refractivity contribution in [3.8, 4) is 5.75 Å². The summed E-state index contributed by atoms with van der Waals surface area (Å²) in [5, 5.41) is 2.50. The molecule has 2 heterocycles. The van der Waals surface area contributed by atoms with E-state index in [1.807, 2.05) is 0 Å². The van der Waals surface area contributed by atoms with Gasteiger partial charge in [-0.2, -0.15) is 0 Å². The van der Waals surface area contributed by atoms with E-state index in [1.165, 1.54) is 0 Å². The van der Waals surface area contributed by atoms with E-state index in [2.05, 4.69) is 5.32 Å². The zero-order valence-electron chi connectivity index (χ0n) is 16.1. The summed E-state index contributed by atoms with van der Waals surface area (Å²) < 4.78 is 38.0. The van der Waals surface area contributed by atoms with Gasteiger partial charge in [0.15, 0.2) is 6.10 Å². The summed E-state index contributed by atoms with van der Waals surface area (Å²) in [6, 6.07) is 9.93. The van der Waals surface area contributed by atoms with Gasteiger partial charge < -0.3 is 24.6 Å². The van der Waals surface area contributed by atoms with Crippen molar-refractivity contribution in [3.05, 3.63) is 54.1 Å². The van der Waals surface area contributed by atoms with Crippen LogP contribution in [0.15, 0.2) is 42.5 Å². The molecule has 2 aromatic rings. The first-order valence-electron chi connectivity index (χ1n) is 9.63. The molecular formula is C21H21F2N3O4. The summed E-state index contributed by atoms with van der Waals surface area (Å²) in [5.74, 6) is -1.68. The number of para-hydroxylation sites is 2. The maximum Gasteiger partial charge on any atom is 0.265 e. The third-order valence-corrected chi connectivity index (χ3v) is 4.94. The second kappa shape index (κ2) is 8.66. The Morgan fingerprint density at radius 3 is 2.50 bits per heavy atom. The molecule has 7 nitrogen and oxygen atoms in total. The Morgan fingerprint density at radius 2 is 1.77 bits per heavy atom. The Bertz CT molecular complexity index is 929. The number of nitrogens with one attached hydrogen (secondary N) is 1. The molecule has 2 amide bonds. The highest BCUT2D eigenvalue weighted by atomic mass is 19.1. The topological polar surface area (TPSA) is 71.1 Å². The molecule has 9 heteroatoms. The van der Waals surface area contributed by atoms with Gasteiger partial charge in [-0.3, -0.25) is 9.59 Å². The molecule has 1 N–H and O–H groups in total. The Morgan fingerprint density at radius 1 is 1.07 bits per heavy atom. The van der Waals surface area contributed by atoms with Crippen molar-refractivity contribution in [3.63, 3.8) is 0 Å². The van der Waals surface area contributed by atoms with Crippen LogP contribution in [-0.4, -0.2) is 62.2 Å². The molecular weight excluding hydrogens is 396 g/mol. The van der Waals surface area contributed by atoms with Crippen LogP contribution >= 0.6 is 0 Å². The molecule has 0 spiro atoms. The van der Waals surface area contributed by atoms with Crippen LogP contribution in [0.5, 0.6) is 5.75 Å². The lowest BCUT2D eigenvalue weighted by Gasteiger charge is -2.38. The summed E-state index contributed by atoms with van der Waals surface area (Å²) in [5.41, 5.74) is 0.698. The third kappa shape index (κ3) is 4.51. The normalized spacial score (nSPS) is 18.4. The lowest BCUT2D eigenvalue weighted by Crippen LogP contribution is -2.53. The minimum absolute atomic E-state index is 0.0278. The van der Waals surface area contributed by atoms with Gasteiger partial charge in [0.05, 0.1) is 32.0 Å². The number of hydrogen-bond donors (Lipinski definition) is 1.